The van der Waals surface area contributed by atoms with Crippen molar-refractivity contribution in [2.45, 2.75) is 19.5 Å². The van der Waals surface area contributed by atoms with E-state index in [1.54, 1.807) is 4.68 Å². The van der Waals surface area contributed by atoms with Crippen LogP contribution in [0.2, 0.25) is 5.02 Å². The smallest absolute Gasteiger partial charge is 0.0971 e. The Hall–Kier alpha value is -2.63. The van der Waals surface area contributed by atoms with Crippen molar-refractivity contribution in [1.29, 1.82) is 0 Å². The fraction of sp³-hybridized carbons (Fsp3) is 0.200. The molecule has 0 fully saturated rings. The first-order valence-electron chi connectivity index (χ1n) is 8.74. The molecular formula is C20H18ClN5. The van der Waals surface area contributed by atoms with Gasteiger partial charge in [-0.1, -0.05) is 41.1 Å². The van der Waals surface area contributed by atoms with Crippen LogP contribution in [0, 0.1) is 0 Å². The molecule has 4 aromatic rings. The Labute approximate surface area is 156 Å². The third-order valence-corrected chi connectivity index (χ3v) is 5.20. The molecule has 1 N–H and O–H groups in total. The fourth-order valence-electron chi connectivity index (χ4n) is 3.73. The molecule has 5 nitrogen and oxygen atoms in total. The molecule has 5 rings (SSSR count). The molecule has 0 aliphatic carbocycles. The molecule has 2 aromatic heterocycles. The van der Waals surface area contributed by atoms with Gasteiger partial charge >= 0.3 is 0 Å². The van der Waals surface area contributed by atoms with Crippen molar-refractivity contribution in [2.24, 2.45) is 0 Å². The Morgan fingerprint density at radius 1 is 1.12 bits per heavy atom. The largest absolute Gasteiger partial charge is 0.357 e. The van der Waals surface area contributed by atoms with E-state index < -0.39 is 0 Å². The number of fused-ring (bicyclic) bond motifs is 3. The second kappa shape index (κ2) is 6.27. The highest BCUT2D eigenvalue weighted by molar-refractivity contribution is 6.30. The number of rotatable bonds is 3. The van der Waals surface area contributed by atoms with E-state index in [2.05, 4.69) is 44.5 Å². The summed E-state index contributed by atoms with van der Waals surface area (Å²) in [6.45, 7) is 2.72. The van der Waals surface area contributed by atoms with Crippen LogP contribution >= 0.6 is 11.6 Å². The quantitative estimate of drug-likeness (QED) is 0.599. The Bertz CT molecular complexity index is 1080. The third kappa shape index (κ3) is 2.79. The van der Waals surface area contributed by atoms with Crippen molar-refractivity contribution < 1.29 is 0 Å². The molecule has 0 amide bonds. The van der Waals surface area contributed by atoms with Crippen LogP contribution in [0.4, 0.5) is 0 Å². The van der Waals surface area contributed by atoms with Crippen molar-refractivity contribution in [3.05, 3.63) is 76.7 Å². The van der Waals surface area contributed by atoms with Crippen LogP contribution in [-0.4, -0.2) is 31.4 Å². The van der Waals surface area contributed by atoms with Gasteiger partial charge in [0.25, 0.3) is 0 Å². The van der Waals surface area contributed by atoms with Crippen molar-refractivity contribution in [2.75, 3.05) is 6.54 Å². The van der Waals surface area contributed by atoms with Crippen LogP contribution in [0.3, 0.4) is 0 Å². The van der Waals surface area contributed by atoms with Gasteiger partial charge in [0.15, 0.2) is 0 Å². The maximum absolute atomic E-state index is 6.07. The molecule has 3 heterocycles. The van der Waals surface area contributed by atoms with Crippen LogP contribution in [0.1, 0.15) is 17.0 Å². The predicted octanol–water partition coefficient (Wildman–Crippen LogP) is 3.96. The molecular weight excluding hydrogens is 346 g/mol. The highest BCUT2D eigenvalue weighted by atomic mass is 35.5. The van der Waals surface area contributed by atoms with Crippen molar-refractivity contribution in [1.82, 2.24) is 24.9 Å². The lowest BCUT2D eigenvalue weighted by atomic mass is 10.0. The summed E-state index contributed by atoms with van der Waals surface area (Å²) in [6.07, 6.45) is 3.04. The number of halogens is 1. The SMILES string of the molecule is Clc1cccc(-n2cc(CN3CCc4c([nH]c5ccccc45)C3)nn2)c1. The van der Waals surface area contributed by atoms with Gasteiger partial charge in [-0.25, -0.2) is 4.68 Å². The lowest BCUT2D eigenvalue weighted by molar-refractivity contribution is 0.240. The maximum Gasteiger partial charge on any atom is 0.0971 e. The van der Waals surface area contributed by atoms with Crippen molar-refractivity contribution in [3.63, 3.8) is 0 Å². The van der Waals surface area contributed by atoms with Gasteiger partial charge in [0.05, 0.1) is 17.6 Å². The van der Waals surface area contributed by atoms with Gasteiger partial charge in [-0.3, -0.25) is 4.90 Å². The minimum absolute atomic E-state index is 0.696. The van der Waals surface area contributed by atoms with Crippen LogP contribution in [0.25, 0.3) is 16.6 Å². The third-order valence-electron chi connectivity index (χ3n) is 4.96. The lowest BCUT2D eigenvalue weighted by Gasteiger charge is -2.25. The molecule has 1 aliphatic rings. The summed E-state index contributed by atoms with van der Waals surface area (Å²) < 4.78 is 1.78. The van der Waals surface area contributed by atoms with Gasteiger partial charge in [0.2, 0.25) is 0 Å². The summed E-state index contributed by atoms with van der Waals surface area (Å²) in [5.41, 5.74) is 5.89. The zero-order valence-corrected chi connectivity index (χ0v) is 14.9. The van der Waals surface area contributed by atoms with E-state index in [1.807, 2.05) is 30.5 Å². The van der Waals surface area contributed by atoms with Crippen LogP contribution < -0.4 is 0 Å². The Morgan fingerprint density at radius 3 is 2.96 bits per heavy atom. The first-order valence-corrected chi connectivity index (χ1v) is 9.12. The van der Waals surface area contributed by atoms with E-state index in [-0.39, 0.29) is 0 Å². The van der Waals surface area contributed by atoms with Crippen molar-refractivity contribution >= 4 is 22.5 Å². The summed E-state index contributed by atoms with van der Waals surface area (Å²) in [5.74, 6) is 0. The van der Waals surface area contributed by atoms with E-state index in [4.69, 9.17) is 11.6 Å². The Kier molecular flexibility index (Phi) is 3.76. The standard InChI is InChI=1S/C20H18ClN5/c21-14-4-3-5-16(10-14)26-12-15(23-24-26)11-25-9-8-18-17-6-1-2-7-19(17)22-20(18)13-25/h1-7,10,12,22H,8-9,11,13H2. The Morgan fingerprint density at radius 2 is 2.04 bits per heavy atom. The summed E-state index contributed by atoms with van der Waals surface area (Å²) in [7, 11) is 0. The number of para-hydroxylation sites is 1. The number of H-pyrrole nitrogens is 1. The summed E-state index contributed by atoms with van der Waals surface area (Å²) in [4.78, 5) is 5.98. The minimum atomic E-state index is 0.696. The molecule has 0 bridgehead atoms. The number of hydrogen-bond acceptors (Lipinski definition) is 3. The number of hydrogen-bond donors (Lipinski definition) is 1. The number of nitrogens with zero attached hydrogens (tertiary/aromatic N) is 4. The molecule has 1 aliphatic heterocycles. The first-order chi connectivity index (χ1) is 12.8. The number of nitrogens with one attached hydrogen (secondary N) is 1. The van der Waals surface area contributed by atoms with Crippen LogP contribution in [0.5, 0.6) is 0 Å². The van der Waals surface area contributed by atoms with Gasteiger partial charge in [-0.15, -0.1) is 5.10 Å². The second-order valence-corrected chi connectivity index (χ2v) is 7.16. The van der Waals surface area contributed by atoms with Gasteiger partial charge in [-0.05, 0) is 36.2 Å². The summed E-state index contributed by atoms with van der Waals surface area (Å²) >= 11 is 6.07. The second-order valence-electron chi connectivity index (χ2n) is 6.72. The monoisotopic (exact) mass is 363 g/mol. The molecule has 0 spiro atoms. The first kappa shape index (κ1) is 15.6. The molecule has 6 heteroatoms. The van der Waals surface area contributed by atoms with E-state index in [1.165, 1.54) is 22.2 Å². The van der Waals surface area contributed by atoms with Gasteiger partial charge < -0.3 is 4.98 Å². The highest BCUT2D eigenvalue weighted by Crippen LogP contribution is 2.27. The molecule has 130 valence electrons. The van der Waals surface area contributed by atoms with E-state index in [0.29, 0.717) is 5.02 Å². The summed E-state index contributed by atoms with van der Waals surface area (Å²) in [5, 5.41) is 10.6. The molecule has 0 unspecified atom stereocenters. The number of aromatic nitrogens is 4. The zero-order chi connectivity index (χ0) is 17.5. The molecule has 0 saturated carbocycles. The molecule has 0 saturated heterocycles. The van der Waals surface area contributed by atoms with Crippen LogP contribution in [-0.2, 0) is 19.5 Å². The van der Waals surface area contributed by atoms with Gasteiger partial charge in [0.1, 0.15) is 0 Å². The van der Waals surface area contributed by atoms with Crippen LogP contribution in [0.15, 0.2) is 54.7 Å². The van der Waals surface area contributed by atoms with E-state index in [0.717, 1.165) is 37.4 Å². The predicted molar refractivity (Wildman–Crippen MR) is 102 cm³/mol. The zero-order valence-electron chi connectivity index (χ0n) is 14.2. The molecule has 2 aromatic carbocycles. The summed E-state index contributed by atoms with van der Waals surface area (Å²) in [6, 6.07) is 16.2. The molecule has 0 atom stereocenters. The normalized spacial score (nSPS) is 14.7. The fourth-order valence-corrected chi connectivity index (χ4v) is 3.91. The topological polar surface area (TPSA) is 49.7 Å². The number of benzene rings is 2. The number of aromatic amines is 1. The minimum Gasteiger partial charge on any atom is -0.357 e. The van der Waals surface area contributed by atoms with Gasteiger partial charge in [-0.2, -0.15) is 0 Å². The Balaban J connectivity index is 1.35. The lowest BCUT2D eigenvalue weighted by Crippen LogP contribution is -2.30. The van der Waals surface area contributed by atoms with Gasteiger partial charge in [0, 0.05) is 41.3 Å². The molecule has 26 heavy (non-hydrogen) atoms. The van der Waals surface area contributed by atoms with E-state index in [9.17, 15) is 0 Å². The van der Waals surface area contributed by atoms with E-state index >= 15 is 0 Å². The van der Waals surface area contributed by atoms with Crippen molar-refractivity contribution in [3.8, 4) is 5.69 Å². The highest BCUT2D eigenvalue weighted by Gasteiger charge is 2.21. The molecule has 0 radical (unpaired) electrons. The maximum atomic E-state index is 6.07. The average Bonchev–Trinajstić information content (AvgIpc) is 3.26. The average molecular weight is 364 g/mol.